The largest absolute Gasteiger partial charge is 0.496 e. The molecule has 7 heteroatoms. The molecule has 0 saturated heterocycles. The molecule has 0 spiro atoms. The number of hydrogen-bond donors (Lipinski definition) is 2. The minimum absolute atomic E-state index is 0.0901. The summed E-state index contributed by atoms with van der Waals surface area (Å²) in [6, 6.07) is 8.78. The maximum absolute atomic E-state index is 11.6. The van der Waals surface area contributed by atoms with Gasteiger partial charge in [-0.2, -0.15) is 0 Å². The molecule has 2 rings (SSSR count). The lowest BCUT2D eigenvalue weighted by Gasteiger charge is -2.08. The van der Waals surface area contributed by atoms with Crippen molar-refractivity contribution in [2.75, 3.05) is 19.5 Å². The van der Waals surface area contributed by atoms with Crippen molar-refractivity contribution in [2.45, 2.75) is 18.6 Å². The number of methoxy groups -OCH3 is 1. The maximum Gasteiger partial charge on any atom is 0.273 e. The van der Waals surface area contributed by atoms with Crippen LogP contribution < -0.4 is 14.8 Å². The molecule has 0 radical (unpaired) electrons. The van der Waals surface area contributed by atoms with Crippen molar-refractivity contribution in [1.29, 1.82) is 0 Å². The number of furan rings is 1. The van der Waals surface area contributed by atoms with Crippen molar-refractivity contribution >= 4 is 15.7 Å². The molecule has 0 amide bonds. The van der Waals surface area contributed by atoms with E-state index < -0.39 is 10.0 Å². The third-order valence-electron chi connectivity index (χ3n) is 3.03. The molecular formula is C14H18N2O4S. The zero-order valence-electron chi connectivity index (χ0n) is 12.1. The van der Waals surface area contributed by atoms with Crippen LogP contribution >= 0.6 is 0 Å². The lowest BCUT2D eigenvalue weighted by atomic mass is 10.2. The van der Waals surface area contributed by atoms with Crippen molar-refractivity contribution in [3.05, 3.63) is 41.7 Å². The van der Waals surface area contributed by atoms with Gasteiger partial charge in [-0.15, -0.1) is 0 Å². The van der Waals surface area contributed by atoms with Gasteiger partial charge in [-0.05, 0) is 49.9 Å². The van der Waals surface area contributed by atoms with Crippen LogP contribution in [0, 0.1) is 6.92 Å². The summed E-state index contributed by atoms with van der Waals surface area (Å²) in [5, 5.41) is 3.08. The molecule has 1 heterocycles. The highest BCUT2D eigenvalue weighted by Crippen LogP contribution is 2.22. The first kappa shape index (κ1) is 15.4. The van der Waals surface area contributed by atoms with Gasteiger partial charge in [0.25, 0.3) is 10.0 Å². The number of ether oxygens (including phenoxy) is 1. The van der Waals surface area contributed by atoms with E-state index in [1.807, 2.05) is 25.1 Å². The number of aryl methyl sites for hydroxylation is 1. The third kappa shape index (κ3) is 3.56. The smallest absolute Gasteiger partial charge is 0.273 e. The maximum atomic E-state index is 11.6. The van der Waals surface area contributed by atoms with Crippen LogP contribution in [0.2, 0.25) is 0 Å². The Labute approximate surface area is 124 Å². The SMILES string of the molecule is CNS(=O)(=O)c1ccc(CNc2ccc(OC)c(C)c2)o1. The van der Waals surface area contributed by atoms with Crippen LogP contribution in [-0.2, 0) is 16.6 Å². The second-order valence-corrected chi connectivity index (χ2v) is 6.28. The third-order valence-corrected chi connectivity index (χ3v) is 4.32. The Balaban J connectivity index is 2.05. The molecule has 0 unspecified atom stereocenters. The van der Waals surface area contributed by atoms with E-state index in [9.17, 15) is 8.42 Å². The first-order valence-corrected chi connectivity index (χ1v) is 7.85. The summed E-state index contributed by atoms with van der Waals surface area (Å²) in [6.45, 7) is 2.35. The second-order valence-electron chi connectivity index (χ2n) is 4.47. The molecule has 2 aromatic rings. The normalized spacial score (nSPS) is 11.4. The molecule has 0 aliphatic heterocycles. The highest BCUT2D eigenvalue weighted by Gasteiger charge is 2.16. The molecule has 1 aromatic heterocycles. The first-order chi connectivity index (χ1) is 9.96. The fourth-order valence-corrected chi connectivity index (χ4v) is 2.54. The summed E-state index contributed by atoms with van der Waals surface area (Å²) in [7, 11) is -0.567. The van der Waals surface area contributed by atoms with E-state index in [1.165, 1.54) is 13.1 Å². The molecule has 0 aliphatic carbocycles. The van der Waals surface area contributed by atoms with Gasteiger partial charge in [0, 0.05) is 5.69 Å². The summed E-state index contributed by atoms with van der Waals surface area (Å²) < 4.78 is 35.8. The minimum Gasteiger partial charge on any atom is -0.496 e. The Morgan fingerprint density at radius 2 is 2.00 bits per heavy atom. The van der Waals surface area contributed by atoms with Gasteiger partial charge in [0.15, 0.2) is 0 Å². The summed E-state index contributed by atoms with van der Waals surface area (Å²) in [4.78, 5) is 0. The average Bonchev–Trinajstić information content (AvgIpc) is 2.95. The Morgan fingerprint density at radius 1 is 1.24 bits per heavy atom. The number of nitrogens with one attached hydrogen (secondary N) is 2. The van der Waals surface area contributed by atoms with Gasteiger partial charge in [0.05, 0.1) is 13.7 Å². The average molecular weight is 310 g/mol. The molecular weight excluding hydrogens is 292 g/mol. The van der Waals surface area contributed by atoms with E-state index in [-0.39, 0.29) is 5.09 Å². The van der Waals surface area contributed by atoms with E-state index in [1.54, 1.807) is 13.2 Å². The summed E-state index contributed by atoms with van der Waals surface area (Å²) >= 11 is 0. The van der Waals surface area contributed by atoms with Crippen LogP contribution in [0.15, 0.2) is 39.8 Å². The van der Waals surface area contributed by atoms with Crippen LogP contribution in [0.1, 0.15) is 11.3 Å². The summed E-state index contributed by atoms with van der Waals surface area (Å²) in [5.74, 6) is 1.36. The van der Waals surface area contributed by atoms with Gasteiger partial charge in [0.2, 0.25) is 5.09 Å². The van der Waals surface area contributed by atoms with Crippen LogP contribution in [0.25, 0.3) is 0 Å². The van der Waals surface area contributed by atoms with Crippen LogP contribution in [0.5, 0.6) is 5.75 Å². The van der Waals surface area contributed by atoms with Crippen molar-refractivity contribution in [3.63, 3.8) is 0 Å². The Hall–Kier alpha value is -1.99. The van der Waals surface area contributed by atoms with Crippen LogP contribution in [0.3, 0.4) is 0 Å². The molecule has 0 fully saturated rings. The zero-order valence-corrected chi connectivity index (χ0v) is 13.0. The van der Waals surface area contributed by atoms with E-state index in [4.69, 9.17) is 9.15 Å². The number of rotatable bonds is 6. The van der Waals surface area contributed by atoms with Crippen molar-refractivity contribution in [2.24, 2.45) is 0 Å². The number of sulfonamides is 1. The van der Waals surface area contributed by atoms with Crippen molar-refractivity contribution in [1.82, 2.24) is 4.72 Å². The number of benzene rings is 1. The van der Waals surface area contributed by atoms with Gasteiger partial charge in [-0.1, -0.05) is 0 Å². The second kappa shape index (κ2) is 6.19. The lowest BCUT2D eigenvalue weighted by molar-refractivity contribution is 0.411. The number of anilines is 1. The van der Waals surface area contributed by atoms with E-state index in [0.29, 0.717) is 12.3 Å². The van der Waals surface area contributed by atoms with Crippen LogP contribution in [-0.4, -0.2) is 22.6 Å². The molecule has 0 bridgehead atoms. The highest BCUT2D eigenvalue weighted by molar-refractivity contribution is 7.89. The van der Waals surface area contributed by atoms with Crippen LogP contribution in [0.4, 0.5) is 5.69 Å². The quantitative estimate of drug-likeness (QED) is 0.854. The lowest BCUT2D eigenvalue weighted by Crippen LogP contribution is -2.17. The molecule has 6 nitrogen and oxygen atoms in total. The first-order valence-electron chi connectivity index (χ1n) is 6.37. The number of hydrogen-bond acceptors (Lipinski definition) is 5. The summed E-state index contributed by atoms with van der Waals surface area (Å²) in [5.41, 5.74) is 1.92. The topological polar surface area (TPSA) is 80.6 Å². The standard InChI is InChI=1S/C14H18N2O4S/c1-10-8-11(4-6-13(10)19-3)16-9-12-5-7-14(20-12)21(17,18)15-2/h4-8,15-16H,9H2,1-3H3. The predicted octanol–water partition coefficient (Wildman–Crippen LogP) is 2.12. The molecule has 0 aliphatic rings. The molecule has 0 saturated carbocycles. The van der Waals surface area contributed by atoms with E-state index in [0.717, 1.165) is 17.0 Å². The summed E-state index contributed by atoms with van der Waals surface area (Å²) in [6.07, 6.45) is 0. The van der Waals surface area contributed by atoms with Gasteiger partial charge in [-0.3, -0.25) is 0 Å². The molecule has 114 valence electrons. The molecule has 21 heavy (non-hydrogen) atoms. The van der Waals surface area contributed by atoms with E-state index in [2.05, 4.69) is 10.0 Å². The zero-order chi connectivity index (χ0) is 15.5. The molecule has 2 N–H and O–H groups in total. The van der Waals surface area contributed by atoms with Gasteiger partial charge in [0.1, 0.15) is 11.5 Å². The Morgan fingerprint density at radius 3 is 2.62 bits per heavy atom. The van der Waals surface area contributed by atoms with E-state index >= 15 is 0 Å². The van der Waals surface area contributed by atoms with Gasteiger partial charge in [-0.25, -0.2) is 13.1 Å². The van der Waals surface area contributed by atoms with Gasteiger partial charge >= 0.3 is 0 Å². The highest BCUT2D eigenvalue weighted by atomic mass is 32.2. The predicted molar refractivity (Wildman–Crippen MR) is 80.0 cm³/mol. The van der Waals surface area contributed by atoms with Crippen molar-refractivity contribution in [3.8, 4) is 5.75 Å². The molecule has 0 atom stereocenters. The Bertz CT molecular complexity index is 722. The Kier molecular flexibility index (Phi) is 4.54. The fourth-order valence-electron chi connectivity index (χ4n) is 1.88. The van der Waals surface area contributed by atoms with Gasteiger partial charge < -0.3 is 14.5 Å². The fraction of sp³-hybridized carbons (Fsp3) is 0.286. The minimum atomic E-state index is -3.54. The molecule has 1 aromatic carbocycles. The van der Waals surface area contributed by atoms with Crippen molar-refractivity contribution < 1.29 is 17.6 Å². The monoisotopic (exact) mass is 310 g/mol.